The van der Waals surface area contributed by atoms with E-state index < -0.39 is 5.82 Å². The van der Waals surface area contributed by atoms with Crippen LogP contribution in [-0.2, 0) is 4.79 Å². The van der Waals surface area contributed by atoms with Crippen molar-refractivity contribution in [3.63, 3.8) is 0 Å². The van der Waals surface area contributed by atoms with Crippen LogP contribution in [0.5, 0.6) is 5.75 Å². The second kappa shape index (κ2) is 7.41. The molecule has 5 heteroatoms. The molecule has 1 atom stereocenters. The van der Waals surface area contributed by atoms with Gasteiger partial charge in [-0.1, -0.05) is 6.07 Å². The molecule has 1 aromatic rings. The van der Waals surface area contributed by atoms with E-state index in [1.54, 1.807) is 11.0 Å². The highest BCUT2D eigenvalue weighted by Gasteiger charge is 2.17. The van der Waals surface area contributed by atoms with Crippen LogP contribution in [0.3, 0.4) is 0 Å². The van der Waals surface area contributed by atoms with Crippen LogP contribution in [0.2, 0.25) is 0 Å². The van der Waals surface area contributed by atoms with Crippen LogP contribution in [0.1, 0.15) is 37.8 Å². The fourth-order valence-electron chi connectivity index (χ4n) is 2.44. The van der Waals surface area contributed by atoms with Gasteiger partial charge in [-0.05, 0) is 50.9 Å². The standard InChI is InChI=1S/C16H23FN2O2/c1-12(18-2)13-6-7-15(14(17)10-13)21-11-16(20)19-8-4-3-5-9-19/h6-7,10,12,18H,3-5,8-9,11H2,1-2H3. The van der Waals surface area contributed by atoms with E-state index >= 15 is 0 Å². The number of hydrogen-bond donors (Lipinski definition) is 1. The maximum atomic E-state index is 14.0. The highest BCUT2D eigenvalue weighted by Crippen LogP contribution is 2.22. The fraction of sp³-hybridized carbons (Fsp3) is 0.562. The second-order valence-corrected chi connectivity index (χ2v) is 5.43. The van der Waals surface area contributed by atoms with Crippen LogP contribution in [0, 0.1) is 5.82 Å². The van der Waals surface area contributed by atoms with E-state index in [-0.39, 0.29) is 24.3 Å². The summed E-state index contributed by atoms with van der Waals surface area (Å²) in [5.41, 5.74) is 0.852. The van der Waals surface area contributed by atoms with Gasteiger partial charge in [0.15, 0.2) is 18.2 Å². The Labute approximate surface area is 125 Å². The number of carbonyl (C=O) groups excluding carboxylic acids is 1. The highest BCUT2D eigenvalue weighted by atomic mass is 19.1. The Morgan fingerprint density at radius 2 is 2.10 bits per heavy atom. The zero-order chi connectivity index (χ0) is 15.2. The Balaban J connectivity index is 1.92. The molecule has 0 aliphatic carbocycles. The third-order valence-corrected chi connectivity index (χ3v) is 3.95. The Hall–Kier alpha value is -1.62. The maximum Gasteiger partial charge on any atom is 0.260 e. The van der Waals surface area contributed by atoms with Crippen molar-refractivity contribution in [3.05, 3.63) is 29.6 Å². The molecule has 1 fully saturated rings. The van der Waals surface area contributed by atoms with Crippen molar-refractivity contribution in [2.75, 3.05) is 26.7 Å². The van der Waals surface area contributed by atoms with Crippen LogP contribution in [0.25, 0.3) is 0 Å². The number of amides is 1. The topological polar surface area (TPSA) is 41.6 Å². The van der Waals surface area contributed by atoms with Crippen LogP contribution in [0.4, 0.5) is 4.39 Å². The Morgan fingerprint density at radius 3 is 2.71 bits per heavy atom. The number of nitrogens with zero attached hydrogens (tertiary/aromatic N) is 1. The minimum Gasteiger partial charge on any atom is -0.481 e. The van der Waals surface area contributed by atoms with Gasteiger partial charge in [-0.3, -0.25) is 4.79 Å². The predicted octanol–water partition coefficient (Wildman–Crippen LogP) is 2.50. The summed E-state index contributed by atoms with van der Waals surface area (Å²) >= 11 is 0. The number of rotatable bonds is 5. The van der Waals surface area contributed by atoms with Crippen molar-refractivity contribution in [2.45, 2.75) is 32.2 Å². The van der Waals surface area contributed by atoms with Crippen molar-refractivity contribution in [3.8, 4) is 5.75 Å². The molecule has 1 N–H and O–H groups in total. The zero-order valence-electron chi connectivity index (χ0n) is 12.7. The maximum absolute atomic E-state index is 14.0. The van der Waals surface area contributed by atoms with Gasteiger partial charge >= 0.3 is 0 Å². The summed E-state index contributed by atoms with van der Waals surface area (Å²) in [6.07, 6.45) is 3.25. The highest BCUT2D eigenvalue weighted by molar-refractivity contribution is 5.77. The number of benzene rings is 1. The van der Waals surface area contributed by atoms with Gasteiger partial charge in [0, 0.05) is 19.1 Å². The number of nitrogens with one attached hydrogen (secondary N) is 1. The number of likely N-dealkylation sites (tertiary alicyclic amines) is 1. The van der Waals surface area contributed by atoms with Crippen molar-refractivity contribution >= 4 is 5.91 Å². The summed E-state index contributed by atoms with van der Waals surface area (Å²) in [5, 5.41) is 3.05. The van der Waals surface area contributed by atoms with Crippen molar-refractivity contribution < 1.29 is 13.9 Å². The summed E-state index contributed by atoms with van der Waals surface area (Å²) in [5.74, 6) is -0.366. The van der Waals surface area contributed by atoms with Gasteiger partial charge in [-0.25, -0.2) is 4.39 Å². The largest absolute Gasteiger partial charge is 0.481 e. The molecule has 0 spiro atoms. The SMILES string of the molecule is CNC(C)c1ccc(OCC(=O)N2CCCCC2)c(F)c1. The summed E-state index contributed by atoms with van der Waals surface area (Å²) in [6, 6.07) is 4.91. The molecule has 1 unspecified atom stereocenters. The molecule has 21 heavy (non-hydrogen) atoms. The number of ether oxygens (including phenoxy) is 1. The molecular weight excluding hydrogens is 271 g/mol. The molecule has 1 saturated heterocycles. The summed E-state index contributed by atoms with van der Waals surface area (Å²) in [7, 11) is 1.82. The van der Waals surface area contributed by atoms with E-state index in [4.69, 9.17) is 4.74 Å². The molecule has 1 heterocycles. The number of piperidine rings is 1. The molecule has 116 valence electrons. The average Bonchev–Trinajstić information content (AvgIpc) is 2.53. The Bertz CT molecular complexity index is 487. The van der Waals surface area contributed by atoms with Crippen LogP contribution in [0.15, 0.2) is 18.2 Å². The van der Waals surface area contributed by atoms with Gasteiger partial charge in [0.1, 0.15) is 0 Å². The van der Waals surface area contributed by atoms with Crippen molar-refractivity contribution in [1.82, 2.24) is 10.2 Å². The smallest absolute Gasteiger partial charge is 0.260 e. The third kappa shape index (κ3) is 4.17. The molecule has 1 amide bonds. The van der Waals surface area contributed by atoms with Crippen molar-refractivity contribution in [1.29, 1.82) is 0 Å². The van der Waals surface area contributed by atoms with Crippen molar-refractivity contribution in [2.24, 2.45) is 0 Å². The summed E-state index contributed by atoms with van der Waals surface area (Å²) < 4.78 is 19.3. The lowest BCUT2D eigenvalue weighted by Crippen LogP contribution is -2.38. The van der Waals surface area contributed by atoms with Crippen LogP contribution in [-0.4, -0.2) is 37.6 Å². The van der Waals surface area contributed by atoms with Crippen LogP contribution >= 0.6 is 0 Å². The lowest BCUT2D eigenvalue weighted by Gasteiger charge is -2.26. The fourth-order valence-corrected chi connectivity index (χ4v) is 2.44. The molecule has 2 rings (SSSR count). The van der Waals surface area contributed by atoms with E-state index in [9.17, 15) is 9.18 Å². The monoisotopic (exact) mass is 294 g/mol. The van der Waals surface area contributed by atoms with Gasteiger partial charge in [0.2, 0.25) is 0 Å². The molecule has 0 saturated carbocycles. The number of carbonyl (C=O) groups is 1. The van der Waals surface area contributed by atoms with E-state index in [0.717, 1.165) is 31.5 Å². The molecule has 1 aliphatic rings. The molecule has 0 aromatic heterocycles. The van der Waals surface area contributed by atoms with Gasteiger partial charge < -0.3 is 15.0 Å². The average molecular weight is 294 g/mol. The Kier molecular flexibility index (Phi) is 5.56. The van der Waals surface area contributed by atoms with Gasteiger partial charge in [-0.15, -0.1) is 0 Å². The van der Waals surface area contributed by atoms with Gasteiger partial charge in [0.05, 0.1) is 0 Å². The quantitative estimate of drug-likeness (QED) is 0.907. The second-order valence-electron chi connectivity index (χ2n) is 5.43. The lowest BCUT2D eigenvalue weighted by atomic mass is 10.1. The molecular formula is C16H23FN2O2. The first kappa shape index (κ1) is 15.8. The molecule has 0 bridgehead atoms. The summed E-state index contributed by atoms with van der Waals surface area (Å²) in [4.78, 5) is 13.8. The van der Waals surface area contributed by atoms with E-state index in [0.29, 0.717) is 0 Å². The predicted molar refractivity (Wildman–Crippen MR) is 79.8 cm³/mol. The normalized spacial score (nSPS) is 16.6. The minimum absolute atomic E-state index is 0.0678. The number of hydrogen-bond acceptors (Lipinski definition) is 3. The van der Waals surface area contributed by atoms with E-state index in [1.807, 2.05) is 20.0 Å². The third-order valence-electron chi connectivity index (χ3n) is 3.95. The first-order chi connectivity index (χ1) is 10.1. The van der Waals surface area contributed by atoms with E-state index in [1.165, 1.54) is 12.5 Å². The van der Waals surface area contributed by atoms with E-state index in [2.05, 4.69) is 5.32 Å². The first-order valence-corrected chi connectivity index (χ1v) is 7.49. The molecule has 4 nitrogen and oxygen atoms in total. The van der Waals surface area contributed by atoms with Crippen LogP contribution < -0.4 is 10.1 Å². The number of halogens is 1. The lowest BCUT2D eigenvalue weighted by molar-refractivity contribution is -0.134. The molecule has 0 radical (unpaired) electrons. The van der Waals surface area contributed by atoms with Gasteiger partial charge in [0.25, 0.3) is 5.91 Å². The summed E-state index contributed by atoms with van der Waals surface area (Å²) in [6.45, 7) is 3.42. The molecule has 1 aliphatic heterocycles. The molecule has 1 aromatic carbocycles. The first-order valence-electron chi connectivity index (χ1n) is 7.49. The zero-order valence-corrected chi connectivity index (χ0v) is 12.7. The minimum atomic E-state index is -0.430. The van der Waals surface area contributed by atoms with Gasteiger partial charge in [-0.2, -0.15) is 0 Å². The Morgan fingerprint density at radius 1 is 1.38 bits per heavy atom.